The van der Waals surface area contributed by atoms with Gasteiger partial charge in [0.15, 0.2) is 5.13 Å². The number of amides is 2. The smallest absolute Gasteiger partial charge is 0.255 e. The van der Waals surface area contributed by atoms with Crippen LogP contribution in [0.3, 0.4) is 0 Å². The van der Waals surface area contributed by atoms with Crippen LogP contribution in [0.15, 0.2) is 102 Å². The summed E-state index contributed by atoms with van der Waals surface area (Å²) in [4.78, 5) is 31.6. The van der Waals surface area contributed by atoms with E-state index in [1.165, 1.54) is 33.6 Å². The number of hydrogen-bond acceptors (Lipinski definition) is 4. The largest absolute Gasteiger partial charge is 0.321 e. The van der Waals surface area contributed by atoms with Crippen molar-refractivity contribution in [3.8, 4) is 11.3 Å². The fourth-order valence-electron chi connectivity index (χ4n) is 6.47. The number of thiazole rings is 1. The van der Waals surface area contributed by atoms with Gasteiger partial charge in [0, 0.05) is 28.3 Å². The molecule has 8 rings (SSSR count). The van der Waals surface area contributed by atoms with Crippen molar-refractivity contribution in [2.24, 2.45) is 5.41 Å². The first-order valence-corrected chi connectivity index (χ1v) is 14.8. The molecule has 0 fully saturated rings. The predicted molar refractivity (Wildman–Crippen MR) is 165 cm³/mol. The van der Waals surface area contributed by atoms with Crippen molar-refractivity contribution < 1.29 is 9.59 Å². The number of benzene rings is 4. The van der Waals surface area contributed by atoms with Gasteiger partial charge in [0.05, 0.1) is 21.8 Å². The molecule has 1 atom stereocenters. The molecule has 41 heavy (non-hydrogen) atoms. The molecule has 4 aromatic carbocycles. The highest BCUT2D eigenvalue weighted by Crippen LogP contribution is 2.61. The Hall–Kier alpha value is -4.26. The lowest BCUT2D eigenvalue weighted by atomic mass is 9.52. The molecule has 0 radical (unpaired) electrons. The topological polar surface area (TPSA) is 71.1 Å². The number of fused-ring (bicyclic) bond motifs is 1. The van der Waals surface area contributed by atoms with E-state index in [9.17, 15) is 9.59 Å². The van der Waals surface area contributed by atoms with Crippen LogP contribution in [0, 0.1) is 5.41 Å². The first-order chi connectivity index (χ1) is 19.9. The third-order valence-corrected chi connectivity index (χ3v) is 9.50. The summed E-state index contributed by atoms with van der Waals surface area (Å²) in [6.45, 7) is 2.08. The average Bonchev–Trinajstić information content (AvgIpc) is 3.47. The maximum Gasteiger partial charge on any atom is 0.255 e. The highest BCUT2D eigenvalue weighted by atomic mass is 35.5. The Kier molecular flexibility index (Phi) is 6.25. The third kappa shape index (κ3) is 4.35. The Morgan fingerprint density at radius 1 is 0.854 bits per heavy atom. The van der Waals surface area contributed by atoms with Gasteiger partial charge in [0.25, 0.3) is 5.91 Å². The molecule has 0 spiro atoms. The summed E-state index contributed by atoms with van der Waals surface area (Å²) in [6.07, 6.45) is 0.748. The Morgan fingerprint density at radius 3 is 2.22 bits per heavy atom. The van der Waals surface area contributed by atoms with E-state index in [-0.39, 0.29) is 23.7 Å². The van der Waals surface area contributed by atoms with E-state index in [0.29, 0.717) is 27.1 Å². The molecule has 0 aliphatic heterocycles. The normalized spacial score (nSPS) is 20.1. The lowest BCUT2D eigenvalue weighted by Gasteiger charge is -2.50. The maximum atomic E-state index is 14.0. The zero-order valence-corrected chi connectivity index (χ0v) is 23.8. The Balaban J connectivity index is 1.13. The molecule has 1 unspecified atom stereocenters. The SMILES string of the molecule is CC1(C(=O)Nc2nc(-c3cccc(C(=O)Nc4ccccc4Cl)c3)cs2)CC2c3ccccc3C1c1ccccc12. The first-order valence-electron chi connectivity index (χ1n) is 13.5. The van der Waals surface area contributed by atoms with Crippen molar-refractivity contribution in [1.29, 1.82) is 0 Å². The molecule has 1 heterocycles. The predicted octanol–water partition coefficient (Wildman–Crippen LogP) is 8.34. The lowest BCUT2D eigenvalue weighted by molar-refractivity contribution is -0.126. The molecule has 5 aromatic rings. The minimum Gasteiger partial charge on any atom is -0.321 e. The Morgan fingerprint density at radius 2 is 1.51 bits per heavy atom. The number of para-hydroxylation sites is 1. The van der Waals surface area contributed by atoms with Crippen molar-refractivity contribution in [2.45, 2.75) is 25.2 Å². The van der Waals surface area contributed by atoms with Crippen LogP contribution in [0.5, 0.6) is 0 Å². The number of hydrogen-bond donors (Lipinski definition) is 2. The number of anilines is 2. The zero-order chi connectivity index (χ0) is 28.1. The quantitative estimate of drug-likeness (QED) is 0.221. The van der Waals surface area contributed by atoms with Crippen LogP contribution in [-0.4, -0.2) is 16.8 Å². The Bertz CT molecular complexity index is 1780. The van der Waals surface area contributed by atoms with Gasteiger partial charge in [0.2, 0.25) is 5.91 Å². The summed E-state index contributed by atoms with van der Waals surface area (Å²) < 4.78 is 0. The van der Waals surface area contributed by atoms with Gasteiger partial charge in [0.1, 0.15) is 0 Å². The minimum absolute atomic E-state index is 0.0207. The standard InChI is InChI=1S/C34H26ClN3O2S/c1-34(18-26-22-11-2-4-13-24(22)30(34)25-14-5-3-12-23(25)26)32(40)38-33-37-29(19-41-33)20-9-8-10-21(17-20)31(39)36-28-16-7-6-15-27(28)35/h2-17,19,26,30H,18H2,1H3,(H,36,39)(H,37,38,40). The highest BCUT2D eigenvalue weighted by molar-refractivity contribution is 7.14. The fourth-order valence-corrected chi connectivity index (χ4v) is 7.37. The van der Waals surface area contributed by atoms with Crippen LogP contribution in [0.2, 0.25) is 5.02 Å². The molecule has 0 saturated heterocycles. The van der Waals surface area contributed by atoms with Crippen molar-refractivity contribution in [3.05, 3.63) is 135 Å². The van der Waals surface area contributed by atoms with Gasteiger partial charge in [-0.2, -0.15) is 0 Å². The molecule has 2 amide bonds. The molecule has 0 saturated carbocycles. The number of aromatic nitrogens is 1. The van der Waals surface area contributed by atoms with Gasteiger partial charge in [-0.1, -0.05) is 84.4 Å². The summed E-state index contributed by atoms with van der Waals surface area (Å²) in [6, 6.07) is 31.5. The maximum absolute atomic E-state index is 14.0. The summed E-state index contributed by atoms with van der Waals surface area (Å²) in [7, 11) is 0. The zero-order valence-electron chi connectivity index (χ0n) is 22.2. The highest BCUT2D eigenvalue weighted by Gasteiger charge is 2.54. The van der Waals surface area contributed by atoms with Crippen LogP contribution in [0.25, 0.3) is 11.3 Å². The number of nitrogens with zero attached hydrogens (tertiary/aromatic N) is 1. The van der Waals surface area contributed by atoms with Crippen LogP contribution in [-0.2, 0) is 4.79 Å². The first kappa shape index (κ1) is 25.7. The summed E-state index contributed by atoms with van der Waals surface area (Å²) in [5.74, 6) is -0.114. The van der Waals surface area contributed by atoms with E-state index in [1.54, 1.807) is 24.3 Å². The van der Waals surface area contributed by atoms with Crippen LogP contribution in [0.4, 0.5) is 10.8 Å². The lowest BCUT2D eigenvalue weighted by Crippen LogP contribution is -2.47. The van der Waals surface area contributed by atoms with Crippen molar-refractivity contribution in [2.75, 3.05) is 10.6 Å². The van der Waals surface area contributed by atoms with Crippen molar-refractivity contribution in [3.63, 3.8) is 0 Å². The second kappa shape index (κ2) is 9.98. The van der Waals surface area contributed by atoms with E-state index < -0.39 is 5.41 Å². The monoisotopic (exact) mass is 575 g/mol. The molecular formula is C34H26ClN3O2S. The van der Waals surface area contributed by atoms with E-state index in [1.807, 2.05) is 29.6 Å². The number of halogens is 1. The van der Waals surface area contributed by atoms with Crippen LogP contribution < -0.4 is 10.6 Å². The molecule has 3 aliphatic rings. The molecule has 2 N–H and O–H groups in total. The van der Waals surface area contributed by atoms with E-state index in [2.05, 4.69) is 66.1 Å². The van der Waals surface area contributed by atoms with Gasteiger partial charge in [-0.3, -0.25) is 9.59 Å². The van der Waals surface area contributed by atoms with E-state index in [0.717, 1.165) is 12.0 Å². The second-order valence-electron chi connectivity index (χ2n) is 10.9. The molecule has 1 aromatic heterocycles. The number of carbonyl (C=O) groups is 2. The summed E-state index contributed by atoms with van der Waals surface area (Å²) in [5.41, 5.74) is 7.06. The molecular weight excluding hydrogens is 550 g/mol. The molecule has 7 heteroatoms. The third-order valence-electron chi connectivity index (χ3n) is 8.42. The number of nitrogens with one attached hydrogen (secondary N) is 2. The van der Waals surface area contributed by atoms with Gasteiger partial charge >= 0.3 is 0 Å². The fraction of sp³-hybridized carbons (Fsp3) is 0.147. The summed E-state index contributed by atoms with van der Waals surface area (Å²) in [5, 5.41) is 8.92. The average molecular weight is 576 g/mol. The van der Waals surface area contributed by atoms with Crippen molar-refractivity contribution >= 4 is 45.6 Å². The van der Waals surface area contributed by atoms with Gasteiger partial charge in [-0.15, -0.1) is 11.3 Å². The number of rotatable bonds is 5. The number of carbonyl (C=O) groups excluding carboxylic acids is 2. The minimum atomic E-state index is -0.615. The summed E-state index contributed by atoms with van der Waals surface area (Å²) >= 11 is 7.59. The van der Waals surface area contributed by atoms with E-state index in [4.69, 9.17) is 16.6 Å². The molecule has 3 aliphatic carbocycles. The van der Waals surface area contributed by atoms with Crippen LogP contribution in [0.1, 0.15) is 57.8 Å². The second-order valence-corrected chi connectivity index (χ2v) is 12.1. The van der Waals surface area contributed by atoms with Gasteiger partial charge < -0.3 is 10.6 Å². The van der Waals surface area contributed by atoms with Crippen LogP contribution >= 0.6 is 22.9 Å². The van der Waals surface area contributed by atoms with E-state index >= 15 is 0 Å². The van der Waals surface area contributed by atoms with Gasteiger partial charge in [-0.05, 0) is 59.9 Å². The molecule has 2 bridgehead atoms. The van der Waals surface area contributed by atoms with Gasteiger partial charge in [-0.25, -0.2) is 4.98 Å². The molecule has 5 nitrogen and oxygen atoms in total. The Labute approximate surface area is 247 Å². The molecule has 202 valence electrons. The van der Waals surface area contributed by atoms with Crippen molar-refractivity contribution in [1.82, 2.24) is 4.98 Å².